The first kappa shape index (κ1) is 11.7. The van der Waals surface area contributed by atoms with Gasteiger partial charge >= 0.3 is 5.97 Å². The summed E-state index contributed by atoms with van der Waals surface area (Å²) in [6.45, 7) is 0.0641. The first-order valence-corrected chi connectivity index (χ1v) is 4.73. The monoisotopic (exact) mass is 208 g/mol. The minimum Gasteiger partial charge on any atom is -0.468 e. The number of nitrogens with two attached hydrogens (primary N) is 2. The van der Waals surface area contributed by atoms with Gasteiger partial charge in [-0.2, -0.15) is 0 Å². The number of benzene rings is 1. The Morgan fingerprint density at radius 1 is 1.40 bits per heavy atom. The van der Waals surface area contributed by atoms with Gasteiger partial charge in [0.15, 0.2) is 0 Å². The molecule has 0 aliphatic heterocycles. The lowest BCUT2D eigenvalue weighted by Crippen LogP contribution is -2.56. The van der Waals surface area contributed by atoms with E-state index < -0.39 is 11.5 Å². The van der Waals surface area contributed by atoms with E-state index in [1.54, 1.807) is 0 Å². The van der Waals surface area contributed by atoms with Gasteiger partial charge in [0, 0.05) is 13.0 Å². The lowest BCUT2D eigenvalue weighted by atomic mass is 9.92. The zero-order chi connectivity index (χ0) is 11.3. The van der Waals surface area contributed by atoms with E-state index in [2.05, 4.69) is 4.74 Å². The maximum absolute atomic E-state index is 11.4. The van der Waals surface area contributed by atoms with Crippen LogP contribution >= 0.6 is 0 Å². The molecule has 4 heteroatoms. The zero-order valence-corrected chi connectivity index (χ0v) is 8.77. The van der Waals surface area contributed by atoms with Crippen molar-refractivity contribution in [1.29, 1.82) is 0 Å². The van der Waals surface area contributed by atoms with Crippen LogP contribution in [0.5, 0.6) is 0 Å². The molecule has 0 fully saturated rings. The third kappa shape index (κ3) is 2.78. The SMILES string of the molecule is COC(=O)C(N)(CN)Cc1ccccc1. The van der Waals surface area contributed by atoms with Crippen LogP contribution in [0.4, 0.5) is 0 Å². The van der Waals surface area contributed by atoms with Crippen LogP contribution in [0.1, 0.15) is 5.56 Å². The molecule has 1 aromatic rings. The van der Waals surface area contributed by atoms with Gasteiger partial charge in [-0.05, 0) is 5.56 Å². The molecule has 0 aromatic heterocycles. The van der Waals surface area contributed by atoms with Crippen LogP contribution in [0.15, 0.2) is 30.3 Å². The van der Waals surface area contributed by atoms with Gasteiger partial charge in [-0.1, -0.05) is 30.3 Å². The van der Waals surface area contributed by atoms with E-state index in [1.807, 2.05) is 30.3 Å². The van der Waals surface area contributed by atoms with Gasteiger partial charge in [0.05, 0.1) is 7.11 Å². The van der Waals surface area contributed by atoms with E-state index in [1.165, 1.54) is 7.11 Å². The largest absolute Gasteiger partial charge is 0.468 e. The van der Waals surface area contributed by atoms with Gasteiger partial charge in [0.1, 0.15) is 5.54 Å². The maximum atomic E-state index is 11.4. The minimum absolute atomic E-state index is 0.0641. The Bertz CT molecular complexity index is 327. The second-order valence-corrected chi connectivity index (χ2v) is 3.51. The molecule has 4 N–H and O–H groups in total. The predicted octanol–water partition coefficient (Wildman–Crippen LogP) is 0.0583. The molecule has 0 saturated heterocycles. The summed E-state index contributed by atoms with van der Waals surface area (Å²) in [4.78, 5) is 11.4. The fourth-order valence-electron chi connectivity index (χ4n) is 1.39. The van der Waals surface area contributed by atoms with Crippen molar-refractivity contribution >= 4 is 5.97 Å². The fourth-order valence-corrected chi connectivity index (χ4v) is 1.39. The summed E-state index contributed by atoms with van der Waals surface area (Å²) in [5.74, 6) is -0.478. The summed E-state index contributed by atoms with van der Waals surface area (Å²) in [5.41, 5.74) is 11.2. The predicted molar refractivity (Wildman–Crippen MR) is 58.1 cm³/mol. The van der Waals surface area contributed by atoms with Crippen LogP contribution in [0.25, 0.3) is 0 Å². The third-order valence-corrected chi connectivity index (χ3v) is 2.32. The Balaban J connectivity index is 2.81. The lowest BCUT2D eigenvalue weighted by Gasteiger charge is -2.24. The lowest BCUT2D eigenvalue weighted by molar-refractivity contribution is -0.146. The molecule has 0 spiro atoms. The average Bonchev–Trinajstić information content (AvgIpc) is 2.29. The fraction of sp³-hybridized carbons (Fsp3) is 0.364. The minimum atomic E-state index is -1.13. The summed E-state index contributed by atoms with van der Waals surface area (Å²) in [6, 6.07) is 9.50. The molecule has 1 rings (SSSR count). The van der Waals surface area contributed by atoms with E-state index >= 15 is 0 Å². The highest BCUT2D eigenvalue weighted by Crippen LogP contribution is 2.11. The van der Waals surface area contributed by atoms with Crippen molar-refractivity contribution in [2.75, 3.05) is 13.7 Å². The molecule has 15 heavy (non-hydrogen) atoms. The summed E-state index contributed by atoms with van der Waals surface area (Å²) in [5, 5.41) is 0. The summed E-state index contributed by atoms with van der Waals surface area (Å²) >= 11 is 0. The molecule has 0 saturated carbocycles. The first-order chi connectivity index (χ1) is 7.12. The van der Waals surface area contributed by atoms with Crippen LogP contribution in [0.2, 0.25) is 0 Å². The van der Waals surface area contributed by atoms with Crippen molar-refractivity contribution in [3.8, 4) is 0 Å². The van der Waals surface area contributed by atoms with Crippen molar-refractivity contribution in [3.63, 3.8) is 0 Å². The number of carbonyl (C=O) groups is 1. The van der Waals surface area contributed by atoms with Gasteiger partial charge in [-0.25, -0.2) is 0 Å². The van der Waals surface area contributed by atoms with E-state index in [-0.39, 0.29) is 6.54 Å². The number of ether oxygens (including phenoxy) is 1. The number of methoxy groups -OCH3 is 1. The highest BCUT2D eigenvalue weighted by Gasteiger charge is 2.33. The van der Waals surface area contributed by atoms with Crippen molar-refractivity contribution in [3.05, 3.63) is 35.9 Å². The van der Waals surface area contributed by atoms with Crippen LogP contribution in [-0.2, 0) is 16.0 Å². The van der Waals surface area contributed by atoms with Crippen LogP contribution in [0, 0.1) is 0 Å². The molecule has 1 unspecified atom stereocenters. The van der Waals surface area contributed by atoms with Gasteiger partial charge in [-0.3, -0.25) is 4.79 Å². The Labute approximate surface area is 89.2 Å². The molecule has 82 valence electrons. The van der Waals surface area contributed by atoms with E-state index in [0.29, 0.717) is 6.42 Å². The number of hydrogen-bond donors (Lipinski definition) is 2. The van der Waals surface area contributed by atoms with E-state index in [9.17, 15) is 4.79 Å². The highest BCUT2D eigenvalue weighted by molar-refractivity contribution is 5.81. The quantitative estimate of drug-likeness (QED) is 0.686. The van der Waals surface area contributed by atoms with Crippen LogP contribution < -0.4 is 11.5 Å². The third-order valence-electron chi connectivity index (χ3n) is 2.32. The van der Waals surface area contributed by atoms with E-state index in [4.69, 9.17) is 11.5 Å². The molecule has 0 aliphatic rings. The second-order valence-electron chi connectivity index (χ2n) is 3.51. The smallest absolute Gasteiger partial charge is 0.327 e. The van der Waals surface area contributed by atoms with Gasteiger partial charge < -0.3 is 16.2 Å². The zero-order valence-electron chi connectivity index (χ0n) is 8.77. The molecule has 1 aromatic carbocycles. The molecular weight excluding hydrogens is 192 g/mol. The number of esters is 1. The van der Waals surface area contributed by atoms with E-state index in [0.717, 1.165) is 5.56 Å². The normalized spacial score (nSPS) is 14.3. The Hall–Kier alpha value is -1.39. The highest BCUT2D eigenvalue weighted by atomic mass is 16.5. The summed E-state index contributed by atoms with van der Waals surface area (Å²) < 4.78 is 4.63. The second kappa shape index (κ2) is 4.91. The van der Waals surface area contributed by atoms with Crippen molar-refractivity contribution in [2.24, 2.45) is 11.5 Å². The van der Waals surface area contributed by atoms with Crippen molar-refractivity contribution in [2.45, 2.75) is 12.0 Å². The Morgan fingerprint density at radius 2 is 2.00 bits per heavy atom. The van der Waals surface area contributed by atoms with Crippen LogP contribution in [0.3, 0.4) is 0 Å². The Kier molecular flexibility index (Phi) is 3.82. The molecule has 0 aliphatic carbocycles. The van der Waals surface area contributed by atoms with Gasteiger partial charge in [0.25, 0.3) is 0 Å². The molecule has 0 heterocycles. The maximum Gasteiger partial charge on any atom is 0.327 e. The van der Waals surface area contributed by atoms with Gasteiger partial charge in [-0.15, -0.1) is 0 Å². The molecule has 4 nitrogen and oxygen atoms in total. The number of hydrogen-bond acceptors (Lipinski definition) is 4. The molecule has 1 atom stereocenters. The standard InChI is InChI=1S/C11H16N2O2/c1-15-10(14)11(13,8-12)7-9-5-3-2-4-6-9/h2-6H,7-8,12-13H2,1H3. The summed E-state index contributed by atoms with van der Waals surface area (Å²) in [7, 11) is 1.31. The van der Waals surface area contributed by atoms with Crippen molar-refractivity contribution < 1.29 is 9.53 Å². The van der Waals surface area contributed by atoms with Crippen molar-refractivity contribution in [1.82, 2.24) is 0 Å². The molecule has 0 radical (unpaired) electrons. The number of carbonyl (C=O) groups excluding carboxylic acids is 1. The first-order valence-electron chi connectivity index (χ1n) is 4.73. The molecule has 0 amide bonds. The van der Waals surface area contributed by atoms with Gasteiger partial charge in [0.2, 0.25) is 0 Å². The average molecular weight is 208 g/mol. The topological polar surface area (TPSA) is 78.3 Å². The molecule has 0 bridgehead atoms. The van der Waals surface area contributed by atoms with Crippen LogP contribution in [-0.4, -0.2) is 25.2 Å². The number of rotatable bonds is 4. The Morgan fingerprint density at radius 3 is 2.47 bits per heavy atom. The molecular formula is C11H16N2O2. The summed E-state index contributed by atoms with van der Waals surface area (Å²) in [6.07, 6.45) is 0.386.